The Morgan fingerprint density at radius 3 is 2.61 bits per heavy atom. The molecule has 0 aliphatic carbocycles. The van der Waals surface area contributed by atoms with Crippen molar-refractivity contribution in [2.45, 2.75) is 29.7 Å². The second-order valence-corrected chi connectivity index (χ2v) is 5.51. The molecular weight excluding hydrogens is 244 g/mol. The minimum Gasteiger partial charge on any atom is -0.491 e. The lowest BCUT2D eigenvalue weighted by molar-refractivity contribution is 0.241. The molecule has 0 spiro atoms. The zero-order valence-electron chi connectivity index (χ0n) is 10.3. The van der Waals surface area contributed by atoms with Gasteiger partial charge in [-0.3, -0.25) is 0 Å². The van der Waals surface area contributed by atoms with Gasteiger partial charge in [-0.15, -0.1) is 0 Å². The minimum absolute atomic E-state index is 0.173. The number of rotatable bonds is 2. The van der Waals surface area contributed by atoms with Crippen LogP contribution in [0.25, 0.3) is 0 Å². The van der Waals surface area contributed by atoms with Gasteiger partial charge in [0, 0.05) is 6.07 Å². The van der Waals surface area contributed by atoms with E-state index in [0.717, 1.165) is 27.0 Å². The average molecular weight is 258 g/mol. The molecule has 0 saturated carbocycles. The highest BCUT2D eigenvalue weighted by molar-refractivity contribution is 7.99. The van der Waals surface area contributed by atoms with Crippen molar-refractivity contribution < 1.29 is 9.47 Å². The Kier molecular flexibility index (Phi) is 2.92. The van der Waals surface area contributed by atoms with E-state index >= 15 is 0 Å². The van der Waals surface area contributed by atoms with Gasteiger partial charge in [-0.2, -0.15) is 0 Å². The maximum absolute atomic E-state index is 5.90. The molecule has 1 heterocycles. The molecule has 2 aromatic rings. The number of hydrogen-bond acceptors (Lipinski definition) is 3. The molecule has 0 unspecified atom stereocenters. The monoisotopic (exact) mass is 258 g/mol. The van der Waals surface area contributed by atoms with Crippen molar-refractivity contribution in [3.63, 3.8) is 0 Å². The lowest BCUT2D eigenvalue weighted by atomic mass is 10.3. The maximum Gasteiger partial charge on any atom is 0.145 e. The summed E-state index contributed by atoms with van der Waals surface area (Å²) >= 11 is 1.73. The molecule has 2 aromatic carbocycles. The lowest BCUT2D eigenvalue weighted by Gasteiger charge is -2.20. The van der Waals surface area contributed by atoms with E-state index in [2.05, 4.69) is 6.07 Å². The van der Waals surface area contributed by atoms with E-state index in [1.807, 2.05) is 50.2 Å². The standard InChI is InChI=1S/C15H14O2S/c1-10(2)16-11-7-8-15-13(9-11)17-12-5-3-4-6-14(12)18-15/h3-10H,1-2H3. The molecule has 2 nitrogen and oxygen atoms in total. The van der Waals surface area contributed by atoms with Crippen LogP contribution in [0.15, 0.2) is 52.3 Å². The summed E-state index contributed by atoms with van der Waals surface area (Å²) in [5, 5.41) is 0. The maximum atomic E-state index is 5.90. The molecule has 0 saturated heterocycles. The van der Waals surface area contributed by atoms with Crippen LogP contribution in [0.4, 0.5) is 0 Å². The van der Waals surface area contributed by atoms with Gasteiger partial charge < -0.3 is 9.47 Å². The van der Waals surface area contributed by atoms with Crippen LogP contribution in [0.1, 0.15) is 13.8 Å². The van der Waals surface area contributed by atoms with Crippen molar-refractivity contribution in [3.8, 4) is 17.2 Å². The first-order valence-corrected chi connectivity index (χ1v) is 6.79. The summed E-state index contributed by atoms with van der Waals surface area (Å²) in [6, 6.07) is 14.1. The molecule has 0 atom stereocenters. The van der Waals surface area contributed by atoms with E-state index in [1.54, 1.807) is 11.8 Å². The minimum atomic E-state index is 0.173. The molecule has 92 valence electrons. The summed E-state index contributed by atoms with van der Waals surface area (Å²) in [4.78, 5) is 2.28. The molecule has 0 amide bonds. The van der Waals surface area contributed by atoms with Crippen molar-refractivity contribution in [1.29, 1.82) is 0 Å². The van der Waals surface area contributed by atoms with Gasteiger partial charge in [-0.25, -0.2) is 0 Å². The van der Waals surface area contributed by atoms with Gasteiger partial charge in [0.05, 0.1) is 15.9 Å². The van der Waals surface area contributed by atoms with Crippen molar-refractivity contribution in [2.75, 3.05) is 0 Å². The molecule has 1 aliphatic rings. The fourth-order valence-electron chi connectivity index (χ4n) is 1.85. The first-order chi connectivity index (χ1) is 8.72. The molecule has 0 N–H and O–H groups in total. The van der Waals surface area contributed by atoms with E-state index < -0.39 is 0 Å². The summed E-state index contributed by atoms with van der Waals surface area (Å²) < 4.78 is 11.6. The fraction of sp³-hybridized carbons (Fsp3) is 0.200. The van der Waals surface area contributed by atoms with Gasteiger partial charge in [-0.05, 0) is 38.1 Å². The molecule has 0 bridgehead atoms. The predicted molar refractivity (Wildman–Crippen MR) is 72.8 cm³/mol. The molecule has 0 aromatic heterocycles. The largest absolute Gasteiger partial charge is 0.491 e. The van der Waals surface area contributed by atoms with E-state index in [9.17, 15) is 0 Å². The average Bonchev–Trinajstić information content (AvgIpc) is 2.35. The third-order valence-corrected chi connectivity index (χ3v) is 3.69. The van der Waals surface area contributed by atoms with E-state index in [4.69, 9.17) is 9.47 Å². The van der Waals surface area contributed by atoms with Crippen molar-refractivity contribution >= 4 is 11.8 Å². The lowest BCUT2D eigenvalue weighted by Crippen LogP contribution is -2.05. The normalized spacial score (nSPS) is 12.6. The summed E-state index contributed by atoms with van der Waals surface area (Å²) in [5.74, 6) is 2.64. The molecule has 18 heavy (non-hydrogen) atoms. The van der Waals surface area contributed by atoms with Crippen LogP contribution in [0.2, 0.25) is 0 Å². The Morgan fingerprint density at radius 1 is 1.00 bits per heavy atom. The zero-order valence-corrected chi connectivity index (χ0v) is 11.2. The molecule has 0 radical (unpaired) electrons. The summed E-state index contributed by atoms with van der Waals surface area (Å²) in [6.07, 6.45) is 0.173. The summed E-state index contributed by atoms with van der Waals surface area (Å²) in [5.41, 5.74) is 0. The Morgan fingerprint density at radius 2 is 1.78 bits per heavy atom. The van der Waals surface area contributed by atoms with Crippen LogP contribution >= 0.6 is 11.8 Å². The van der Waals surface area contributed by atoms with Crippen LogP contribution in [0.5, 0.6) is 17.2 Å². The van der Waals surface area contributed by atoms with E-state index in [0.29, 0.717) is 0 Å². The molecule has 3 rings (SSSR count). The topological polar surface area (TPSA) is 18.5 Å². The summed E-state index contributed by atoms with van der Waals surface area (Å²) in [7, 11) is 0. The molecule has 0 fully saturated rings. The highest BCUT2D eigenvalue weighted by atomic mass is 32.2. The molecular formula is C15H14O2S. The number of fused-ring (bicyclic) bond motifs is 2. The molecule has 1 aliphatic heterocycles. The van der Waals surface area contributed by atoms with Crippen LogP contribution in [0, 0.1) is 0 Å². The number of ether oxygens (including phenoxy) is 2. The number of hydrogen-bond donors (Lipinski definition) is 0. The van der Waals surface area contributed by atoms with Crippen molar-refractivity contribution in [1.82, 2.24) is 0 Å². The van der Waals surface area contributed by atoms with Gasteiger partial charge in [-0.1, -0.05) is 23.9 Å². The van der Waals surface area contributed by atoms with Gasteiger partial charge in [0.15, 0.2) is 0 Å². The summed E-state index contributed by atoms with van der Waals surface area (Å²) in [6.45, 7) is 4.04. The Labute approximate surface area is 111 Å². The predicted octanol–water partition coefficient (Wildman–Crippen LogP) is 4.73. The Balaban J connectivity index is 1.93. The van der Waals surface area contributed by atoms with Gasteiger partial charge in [0.1, 0.15) is 17.2 Å². The van der Waals surface area contributed by atoms with Crippen LogP contribution in [0.3, 0.4) is 0 Å². The number of para-hydroxylation sites is 1. The zero-order chi connectivity index (χ0) is 12.5. The Hall–Kier alpha value is -1.61. The van der Waals surface area contributed by atoms with Crippen molar-refractivity contribution in [2.24, 2.45) is 0 Å². The van der Waals surface area contributed by atoms with Gasteiger partial charge >= 0.3 is 0 Å². The van der Waals surface area contributed by atoms with E-state index in [1.165, 1.54) is 0 Å². The Bertz CT molecular complexity index is 578. The third-order valence-electron chi connectivity index (χ3n) is 2.58. The smallest absolute Gasteiger partial charge is 0.145 e. The first kappa shape index (κ1) is 11.5. The van der Waals surface area contributed by atoms with Crippen LogP contribution in [-0.2, 0) is 0 Å². The third kappa shape index (κ3) is 2.18. The van der Waals surface area contributed by atoms with E-state index in [-0.39, 0.29) is 6.10 Å². The highest BCUT2D eigenvalue weighted by Crippen LogP contribution is 2.47. The fourth-order valence-corrected chi connectivity index (χ4v) is 2.78. The van der Waals surface area contributed by atoms with Gasteiger partial charge in [0.25, 0.3) is 0 Å². The SMILES string of the molecule is CC(C)Oc1ccc2c(c1)Oc1ccccc1S2. The quantitative estimate of drug-likeness (QED) is 0.662. The van der Waals surface area contributed by atoms with Crippen LogP contribution < -0.4 is 9.47 Å². The van der Waals surface area contributed by atoms with Crippen LogP contribution in [-0.4, -0.2) is 6.10 Å². The van der Waals surface area contributed by atoms with Gasteiger partial charge in [0.2, 0.25) is 0 Å². The second kappa shape index (κ2) is 4.58. The molecule has 3 heteroatoms. The highest BCUT2D eigenvalue weighted by Gasteiger charge is 2.17. The first-order valence-electron chi connectivity index (χ1n) is 5.98. The number of benzene rings is 2. The second-order valence-electron chi connectivity index (χ2n) is 4.43. The van der Waals surface area contributed by atoms with Crippen molar-refractivity contribution in [3.05, 3.63) is 42.5 Å².